The molecule has 1 aliphatic carbocycles. The Labute approximate surface area is 214 Å². The Morgan fingerprint density at radius 2 is 2.08 bits per heavy atom. The van der Waals surface area contributed by atoms with E-state index in [1.165, 1.54) is 35.0 Å². The van der Waals surface area contributed by atoms with Crippen molar-refractivity contribution in [2.75, 3.05) is 6.98 Å². The minimum absolute atomic E-state index is 0.0470. The molecular formula is C26H23F3N6O2. The van der Waals surface area contributed by atoms with Crippen LogP contribution in [-0.4, -0.2) is 44.0 Å². The van der Waals surface area contributed by atoms with Crippen molar-refractivity contribution in [3.63, 3.8) is 0 Å². The first-order chi connectivity index (χ1) is 18.8. The second kappa shape index (κ2) is 8.01. The van der Waals surface area contributed by atoms with Gasteiger partial charge in [-0.05, 0) is 44.5 Å². The summed E-state index contributed by atoms with van der Waals surface area (Å²) in [6.07, 6.45) is 3.10. The average molecular weight is 512 g/mol. The van der Waals surface area contributed by atoms with E-state index < -0.39 is 42.8 Å². The fourth-order valence-corrected chi connectivity index (χ4v) is 5.26. The molecule has 2 atom stereocenters. The number of hydrogen-bond acceptors (Lipinski definition) is 6. The number of nitrogens with zero attached hydrogens (tertiary/aromatic N) is 5. The predicted octanol–water partition coefficient (Wildman–Crippen LogP) is 4.39. The van der Waals surface area contributed by atoms with Gasteiger partial charge < -0.3 is 15.4 Å². The van der Waals surface area contributed by atoms with Gasteiger partial charge in [-0.15, -0.1) is 0 Å². The number of pyridine rings is 1. The van der Waals surface area contributed by atoms with Crippen molar-refractivity contribution in [2.24, 2.45) is 5.73 Å². The van der Waals surface area contributed by atoms with Gasteiger partial charge in [0, 0.05) is 51.7 Å². The van der Waals surface area contributed by atoms with Gasteiger partial charge in [-0.25, -0.2) is 13.9 Å². The van der Waals surface area contributed by atoms with Crippen molar-refractivity contribution in [1.29, 1.82) is 0 Å². The summed E-state index contributed by atoms with van der Waals surface area (Å²) in [6.45, 7) is -2.74. The van der Waals surface area contributed by atoms with E-state index in [1.807, 2.05) is 0 Å². The number of benzene rings is 1. The maximum absolute atomic E-state index is 14.9. The molecular weight excluding hydrogens is 485 g/mol. The van der Waals surface area contributed by atoms with Gasteiger partial charge >= 0.3 is 6.61 Å². The normalized spacial score (nSPS) is 20.4. The molecule has 0 saturated carbocycles. The molecule has 2 bridgehead atoms. The fraction of sp³-hybridized carbons (Fsp3) is 0.308. The molecule has 2 N–H and O–H groups in total. The lowest BCUT2D eigenvalue weighted by Gasteiger charge is -2.23. The summed E-state index contributed by atoms with van der Waals surface area (Å²) < 4.78 is 72.2. The molecule has 2 aliphatic rings. The molecule has 190 valence electrons. The van der Waals surface area contributed by atoms with E-state index >= 15 is 0 Å². The van der Waals surface area contributed by atoms with Gasteiger partial charge in [0.1, 0.15) is 11.6 Å². The Hall–Kier alpha value is -3.99. The Morgan fingerprint density at radius 1 is 1.27 bits per heavy atom. The van der Waals surface area contributed by atoms with Crippen molar-refractivity contribution in [2.45, 2.75) is 44.4 Å². The van der Waals surface area contributed by atoms with Crippen LogP contribution in [0.25, 0.3) is 16.9 Å². The first kappa shape index (κ1) is 20.1. The van der Waals surface area contributed by atoms with E-state index in [2.05, 4.69) is 10.1 Å². The molecule has 0 fully saturated rings. The number of nitrogens with two attached hydrogens (primary N) is 1. The molecule has 4 aromatic rings. The smallest absolute Gasteiger partial charge is 0.387 e. The number of halogens is 3. The third kappa shape index (κ3) is 3.56. The lowest BCUT2D eigenvalue weighted by Crippen LogP contribution is -2.31. The summed E-state index contributed by atoms with van der Waals surface area (Å²) in [6, 6.07) is 5.97. The Kier molecular flexibility index (Phi) is 4.35. The van der Waals surface area contributed by atoms with Crippen LogP contribution in [0.2, 0.25) is 0 Å². The van der Waals surface area contributed by atoms with Crippen LogP contribution in [0.4, 0.5) is 13.2 Å². The average Bonchev–Trinajstić information content (AvgIpc) is 3.35. The summed E-state index contributed by atoms with van der Waals surface area (Å²) in [4.78, 5) is 23.2. The van der Waals surface area contributed by atoms with Gasteiger partial charge in [0.25, 0.3) is 5.91 Å². The number of rotatable bonds is 4. The summed E-state index contributed by atoms with van der Waals surface area (Å²) in [5.74, 6) is -2.39. The molecule has 11 heteroatoms. The van der Waals surface area contributed by atoms with Crippen LogP contribution in [-0.2, 0) is 5.54 Å². The monoisotopic (exact) mass is 511 g/mol. The van der Waals surface area contributed by atoms with E-state index in [4.69, 9.17) is 19.6 Å². The second-order valence-electron chi connectivity index (χ2n) is 9.73. The zero-order valence-electron chi connectivity index (χ0n) is 22.7. The van der Waals surface area contributed by atoms with Crippen LogP contribution in [0, 0.1) is 5.82 Å². The topological polar surface area (TPSA) is 98.6 Å². The minimum Gasteiger partial charge on any atom is -0.434 e. The third-order valence-corrected chi connectivity index (χ3v) is 6.81. The molecule has 3 aromatic heterocycles. The number of alkyl halides is 2. The van der Waals surface area contributed by atoms with Crippen LogP contribution in [0.3, 0.4) is 0 Å². The Balaban J connectivity index is 1.57. The number of amides is 1. The summed E-state index contributed by atoms with van der Waals surface area (Å²) >= 11 is 0. The number of carbonyl (C=O) groups is 1. The molecule has 0 spiro atoms. The Bertz CT molecular complexity index is 1680. The number of aromatic nitrogens is 4. The zero-order valence-corrected chi connectivity index (χ0v) is 19.7. The molecule has 37 heavy (non-hydrogen) atoms. The largest absolute Gasteiger partial charge is 0.434 e. The fourth-order valence-electron chi connectivity index (χ4n) is 5.26. The van der Waals surface area contributed by atoms with Crippen LogP contribution in [0.15, 0.2) is 42.7 Å². The van der Waals surface area contributed by atoms with Crippen molar-refractivity contribution in [1.82, 2.24) is 24.5 Å². The maximum Gasteiger partial charge on any atom is 0.387 e. The van der Waals surface area contributed by atoms with E-state index in [9.17, 15) is 18.0 Å². The predicted molar refractivity (Wildman–Crippen MR) is 128 cm³/mol. The molecule has 4 heterocycles. The minimum atomic E-state index is -3.17. The van der Waals surface area contributed by atoms with E-state index in [0.717, 1.165) is 4.90 Å². The van der Waals surface area contributed by atoms with Gasteiger partial charge in [-0.3, -0.25) is 9.78 Å². The molecule has 0 unspecified atom stereocenters. The highest BCUT2D eigenvalue weighted by molar-refractivity contribution is 5.98. The number of fused-ring (bicyclic) bond motifs is 9. The number of hydrogen-bond donors (Lipinski definition) is 1. The van der Waals surface area contributed by atoms with Crippen molar-refractivity contribution in [3.05, 3.63) is 76.6 Å². The molecule has 1 aliphatic heterocycles. The summed E-state index contributed by atoms with van der Waals surface area (Å²) in [7, 11) is 0. The number of ether oxygens (including phenoxy) is 1. The number of carbonyl (C=O) groups excluding carboxylic acids is 1. The van der Waals surface area contributed by atoms with Gasteiger partial charge in [0.2, 0.25) is 0 Å². The molecule has 1 aromatic carbocycles. The Morgan fingerprint density at radius 3 is 2.78 bits per heavy atom. The van der Waals surface area contributed by atoms with Gasteiger partial charge in [-0.1, -0.05) is 6.07 Å². The SMILES string of the molecule is [2H]C([2H])([2H])N1C(=O)c2cccc(OC(F)F)c2[C@H]2C[C@@H]1c1nn3ccc(-c4cnc(C(C)(C)N)c(F)c4)nc3c12. The van der Waals surface area contributed by atoms with Gasteiger partial charge in [0.15, 0.2) is 5.65 Å². The van der Waals surface area contributed by atoms with E-state index in [0.29, 0.717) is 28.2 Å². The second-order valence-corrected chi connectivity index (χ2v) is 9.73. The van der Waals surface area contributed by atoms with Crippen molar-refractivity contribution < 1.29 is 26.8 Å². The van der Waals surface area contributed by atoms with E-state index in [1.54, 1.807) is 26.1 Å². The first-order valence-corrected chi connectivity index (χ1v) is 11.5. The summed E-state index contributed by atoms with van der Waals surface area (Å²) in [5, 5.41) is 4.55. The maximum atomic E-state index is 14.9. The van der Waals surface area contributed by atoms with Gasteiger partial charge in [0.05, 0.1) is 28.7 Å². The quantitative estimate of drug-likeness (QED) is 0.437. The van der Waals surface area contributed by atoms with Crippen LogP contribution in [0.1, 0.15) is 69.2 Å². The first-order valence-electron chi connectivity index (χ1n) is 13.0. The highest BCUT2D eigenvalue weighted by Gasteiger charge is 2.46. The lowest BCUT2D eigenvalue weighted by atomic mass is 9.89. The van der Waals surface area contributed by atoms with Gasteiger partial charge in [-0.2, -0.15) is 13.9 Å². The van der Waals surface area contributed by atoms with Crippen LogP contribution in [0.5, 0.6) is 5.75 Å². The summed E-state index contributed by atoms with van der Waals surface area (Å²) in [5.41, 5.74) is 6.99. The van der Waals surface area contributed by atoms with E-state index in [-0.39, 0.29) is 29.0 Å². The van der Waals surface area contributed by atoms with Crippen molar-refractivity contribution >= 4 is 11.6 Å². The zero-order chi connectivity index (χ0) is 28.7. The highest BCUT2D eigenvalue weighted by Crippen LogP contribution is 2.53. The molecule has 1 amide bonds. The lowest BCUT2D eigenvalue weighted by molar-refractivity contribution is -0.0505. The third-order valence-electron chi connectivity index (χ3n) is 6.81. The molecule has 0 saturated heterocycles. The molecule has 0 radical (unpaired) electrons. The molecule has 8 nitrogen and oxygen atoms in total. The molecule has 6 rings (SSSR count). The van der Waals surface area contributed by atoms with Crippen LogP contribution >= 0.6 is 0 Å². The highest BCUT2D eigenvalue weighted by atomic mass is 19.3. The van der Waals surface area contributed by atoms with Crippen LogP contribution < -0.4 is 10.5 Å². The van der Waals surface area contributed by atoms with Crippen molar-refractivity contribution in [3.8, 4) is 17.0 Å². The standard InChI is InChI=1S/C26H23F3N6O2/c1-26(2,30)22-15(27)9-12(11-31-22)16-7-8-35-23(32-16)20-14-10-17(21(20)33-35)34(3)24(36)13-5-4-6-18(19(13)14)37-25(28)29/h4-9,11,14,17,25H,10,30H2,1-3H3/t14-,17-/m1/s1/i3D3.